The molecule has 1 fully saturated rings. The monoisotopic (exact) mass is 332 g/mol. The van der Waals surface area contributed by atoms with E-state index in [9.17, 15) is 14.7 Å². The van der Waals surface area contributed by atoms with Crippen molar-refractivity contribution in [2.24, 2.45) is 11.3 Å². The molecular formula is C20H28O4. The average molecular weight is 332 g/mol. The van der Waals surface area contributed by atoms with Crippen molar-refractivity contribution in [2.45, 2.75) is 66.1 Å². The van der Waals surface area contributed by atoms with E-state index in [0.717, 1.165) is 12.0 Å². The molecule has 0 bridgehead atoms. The van der Waals surface area contributed by atoms with Crippen LogP contribution in [0.2, 0.25) is 0 Å². The molecule has 132 valence electrons. The van der Waals surface area contributed by atoms with Crippen molar-refractivity contribution in [1.82, 2.24) is 0 Å². The SMILES string of the molecule is C/C=C(\C)C(=O)O[C@@H]1CCC2=CC(=O)C(C(C)(C)O)=C[C@]2(C)[C@H]1C. The lowest BCUT2D eigenvalue weighted by atomic mass is 9.60. The third-order valence-electron chi connectivity index (χ3n) is 5.58. The summed E-state index contributed by atoms with van der Waals surface area (Å²) < 4.78 is 5.71. The van der Waals surface area contributed by atoms with Crippen LogP contribution in [-0.2, 0) is 14.3 Å². The second-order valence-corrected chi connectivity index (χ2v) is 7.68. The maximum absolute atomic E-state index is 12.3. The molecule has 24 heavy (non-hydrogen) atoms. The minimum absolute atomic E-state index is 0.0246. The van der Waals surface area contributed by atoms with Gasteiger partial charge in [-0.3, -0.25) is 4.79 Å². The van der Waals surface area contributed by atoms with Crippen LogP contribution in [0.4, 0.5) is 0 Å². The molecule has 4 nitrogen and oxygen atoms in total. The molecule has 0 radical (unpaired) electrons. The van der Waals surface area contributed by atoms with Crippen molar-refractivity contribution in [2.75, 3.05) is 0 Å². The lowest BCUT2D eigenvalue weighted by Gasteiger charge is -2.46. The highest BCUT2D eigenvalue weighted by atomic mass is 16.5. The molecule has 3 atom stereocenters. The molecule has 1 saturated carbocycles. The van der Waals surface area contributed by atoms with Gasteiger partial charge in [-0.15, -0.1) is 0 Å². The van der Waals surface area contributed by atoms with E-state index in [2.05, 4.69) is 6.92 Å². The molecule has 0 heterocycles. The Morgan fingerprint density at radius 3 is 2.62 bits per heavy atom. The quantitative estimate of drug-likeness (QED) is 0.634. The van der Waals surface area contributed by atoms with E-state index in [0.29, 0.717) is 17.6 Å². The summed E-state index contributed by atoms with van der Waals surface area (Å²) in [5, 5.41) is 10.3. The molecule has 0 aliphatic heterocycles. The largest absolute Gasteiger partial charge is 0.459 e. The van der Waals surface area contributed by atoms with Crippen LogP contribution in [0.15, 0.2) is 34.9 Å². The molecule has 0 saturated heterocycles. The van der Waals surface area contributed by atoms with Crippen molar-refractivity contribution in [3.8, 4) is 0 Å². The van der Waals surface area contributed by atoms with Crippen molar-refractivity contribution < 1.29 is 19.4 Å². The lowest BCUT2D eigenvalue weighted by Crippen LogP contribution is -2.44. The molecule has 0 amide bonds. The number of hydrogen-bond donors (Lipinski definition) is 1. The van der Waals surface area contributed by atoms with Crippen LogP contribution in [-0.4, -0.2) is 28.6 Å². The van der Waals surface area contributed by atoms with Gasteiger partial charge in [0.1, 0.15) is 6.10 Å². The van der Waals surface area contributed by atoms with Crippen LogP contribution in [0.1, 0.15) is 54.4 Å². The first kappa shape index (κ1) is 18.7. The normalized spacial score (nSPS) is 31.1. The Kier molecular flexibility index (Phi) is 4.91. The fourth-order valence-electron chi connectivity index (χ4n) is 3.54. The number of hydrogen-bond acceptors (Lipinski definition) is 4. The van der Waals surface area contributed by atoms with E-state index in [4.69, 9.17) is 4.74 Å². The topological polar surface area (TPSA) is 63.6 Å². The zero-order chi connectivity index (χ0) is 18.3. The van der Waals surface area contributed by atoms with Crippen molar-refractivity contribution >= 4 is 11.8 Å². The highest BCUT2D eigenvalue weighted by molar-refractivity contribution is 6.07. The first-order chi connectivity index (χ1) is 11.0. The number of carbonyl (C=O) groups excluding carboxylic acids is 2. The number of aliphatic hydroxyl groups is 1. The number of esters is 1. The van der Waals surface area contributed by atoms with Crippen LogP contribution >= 0.6 is 0 Å². The summed E-state index contributed by atoms with van der Waals surface area (Å²) in [4.78, 5) is 24.4. The zero-order valence-corrected chi connectivity index (χ0v) is 15.5. The number of ketones is 1. The molecule has 0 aromatic heterocycles. The summed E-state index contributed by atoms with van der Waals surface area (Å²) in [6.45, 7) is 10.9. The highest BCUT2D eigenvalue weighted by Crippen LogP contribution is 2.50. The van der Waals surface area contributed by atoms with E-state index in [1.807, 2.05) is 19.9 Å². The lowest BCUT2D eigenvalue weighted by molar-refractivity contribution is -0.150. The Bertz CT molecular complexity index is 645. The minimum atomic E-state index is -1.19. The number of allylic oxidation sites excluding steroid dienone is 4. The van der Waals surface area contributed by atoms with Crippen LogP contribution in [0.25, 0.3) is 0 Å². The Morgan fingerprint density at radius 2 is 2.08 bits per heavy atom. The number of ether oxygens (including phenoxy) is 1. The maximum atomic E-state index is 12.3. The number of fused-ring (bicyclic) bond motifs is 1. The summed E-state index contributed by atoms with van der Waals surface area (Å²) in [7, 11) is 0. The van der Waals surface area contributed by atoms with Crippen molar-refractivity contribution in [1.29, 1.82) is 0 Å². The van der Waals surface area contributed by atoms with Gasteiger partial charge in [0.05, 0.1) is 5.60 Å². The van der Waals surface area contributed by atoms with Gasteiger partial charge in [0.25, 0.3) is 0 Å². The molecule has 0 spiro atoms. The van der Waals surface area contributed by atoms with Gasteiger partial charge in [-0.25, -0.2) is 4.79 Å². The van der Waals surface area contributed by atoms with E-state index < -0.39 is 11.0 Å². The zero-order valence-electron chi connectivity index (χ0n) is 15.5. The Labute approximate surface area is 144 Å². The molecular weight excluding hydrogens is 304 g/mol. The van der Waals surface area contributed by atoms with Gasteiger partial charge >= 0.3 is 5.97 Å². The molecule has 0 aromatic carbocycles. The van der Waals surface area contributed by atoms with Gasteiger partial charge in [0, 0.05) is 22.5 Å². The first-order valence-electron chi connectivity index (χ1n) is 8.55. The van der Waals surface area contributed by atoms with E-state index in [1.54, 1.807) is 32.9 Å². The molecule has 4 heteroatoms. The molecule has 2 aliphatic rings. The van der Waals surface area contributed by atoms with Crippen LogP contribution < -0.4 is 0 Å². The van der Waals surface area contributed by atoms with Gasteiger partial charge in [0.15, 0.2) is 5.78 Å². The molecule has 1 N–H and O–H groups in total. The number of carbonyl (C=O) groups is 2. The van der Waals surface area contributed by atoms with E-state index >= 15 is 0 Å². The summed E-state index contributed by atoms with van der Waals surface area (Å²) in [5.41, 5.74) is 0.490. The van der Waals surface area contributed by atoms with Gasteiger partial charge in [-0.2, -0.15) is 0 Å². The maximum Gasteiger partial charge on any atom is 0.333 e. The highest BCUT2D eigenvalue weighted by Gasteiger charge is 2.47. The molecule has 2 aliphatic carbocycles. The van der Waals surface area contributed by atoms with Crippen molar-refractivity contribution in [3.63, 3.8) is 0 Å². The second-order valence-electron chi connectivity index (χ2n) is 7.68. The van der Waals surface area contributed by atoms with Gasteiger partial charge < -0.3 is 9.84 Å². The van der Waals surface area contributed by atoms with Crippen LogP contribution in [0.3, 0.4) is 0 Å². The molecule has 0 unspecified atom stereocenters. The number of rotatable bonds is 3. The molecule has 2 rings (SSSR count). The van der Waals surface area contributed by atoms with Gasteiger partial charge in [0.2, 0.25) is 0 Å². The van der Waals surface area contributed by atoms with Crippen molar-refractivity contribution in [3.05, 3.63) is 34.9 Å². The standard InChI is InChI=1S/C20H28O4/c1-7-12(2)18(22)24-17-9-8-14-10-16(21)15(19(4,5)23)11-20(14,6)13(17)3/h7,10-11,13,17,23H,8-9H2,1-6H3/b12-7+/t13-,17+,20+/m0/s1. The van der Waals surface area contributed by atoms with Gasteiger partial charge in [-0.1, -0.05) is 31.6 Å². The van der Waals surface area contributed by atoms with Crippen LogP contribution in [0.5, 0.6) is 0 Å². The predicted molar refractivity (Wildman–Crippen MR) is 93.3 cm³/mol. The summed E-state index contributed by atoms with van der Waals surface area (Å²) in [5.74, 6) is -0.386. The van der Waals surface area contributed by atoms with E-state index in [-0.39, 0.29) is 23.8 Å². The predicted octanol–water partition coefficient (Wildman–Crippen LogP) is 3.51. The Balaban J connectivity index is 2.33. The Hall–Kier alpha value is -1.68. The smallest absolute Gasteiger partial charge is 0.333 e. The van der Waals surface area contributed by atoms with Gasteiger partial charge in [-0.05, 0) is 46.6 Å². The fraction of sp³-hybridized carbons (Fsp3) is 0.600. The van der Waals surface area contributed by atoms with Crippen LogP contribution in [0, 0.1) is 11.3 Å². The fourth-order valence-corrected chi connectivity index (χ4v) is 3.54. The summed E-state index contributed by atoms with van der Waals surface area (Å²) in [6, 6.07) is 0. The average Bonchev–Trinajstić information content (AvgIpc) is 2.50. The summed E-state index contributed by atoms with van der Waals surface area (Å²) >= 11 is 0. The third kappa shape index (κ3) is 3.25. The first-order valence-corrected chi connectivity index (χ1v) is 8.55. The molecule has 0 aromatic rings. The van der Waals surface area contributed by atoms with E-state index in [1.165, 1.54) is 0 Å². The summed E-state index contributed by atoms with van der Waals surface area (Å²) in [6.07, 6.45) is 6.52. The second kappa shape index (κ2) is 6.32. The minimum Gasteiger partial charge on any atom is -0.459 e. The Morgan fingerprint density at radius 1 is 1.46 bits per heavy atom. The third-order valence-corrected chi connectivity index (χ3v) is 5.58.